The number of hydrogen-bond donors (Lipinski definition) is 2. The van der Waals surface area contributed by atoms with Crippen molar-refractivity contribution < 1.29 is 9.59 Å². The maximum Gasteiger partial charge on any atom is 0.255 e. The van der Waals surface area contributed by atoms with Crippen LogP contribution in [-0.2, 0) is 10.2 Å². The van der Waals surface area contributed by atoms with E-state index in [9.17, 15) is 9.59 Å². The lowest BCUT2D eigenvalue weighted by Crippen LogP contribution is -2.44. The number of nitrogens with two attached hydrogens (primary N) is 1. The van der Waals surface area contributed by atoms with Gasteiger partial charge in [-0.1, -0.05) is 32.9 Å². The molecule has 150 valence electrons. The van der Waals surface area contributed by atoms with E-state index in [-0.39, 0.29) is 29.6 Å². The molecule has 3 rings (SSSR count). The number of hydrogen-bond acceptors (Lipinski definition) is 5. The number of rotatable bonds is 3. The first-order valence-electron chi connectivity index (χ1n) is 8.77. The number of nitrogens with zero attached hydrogens (tertiary/aromatic N) is 2. The van der Waals surface area contributed by atoms with Gasteiger partial charge in [-0.2, -0.15) is 0 Å². The van der Waals surface area contributed by atoms with Gasteiger partial charge in [0.25, 0.3) is 5.91 Å². The average Bonchev–Trinajstić information content (AvgIpc) is 3.12. The molecule has 2 amide bonds. The van der Waals surface area contributed by atoms with Crippen molar-refractivity contribution in [2.75, 3.05) is 22.7 Å². The minimum atomic E-state index is -0.512. The molecule has 1 fully saturated rings. The van der Waals surface area contributed by atoms with Crippen molar-refractivity contribution in [3.05, 3.63) is 53.7 Å². The van der Waals surface area contributed by atoms with Crippen LogP contribution in [0, 0.1) is 0 Å². The SMILES string of the molecule is CC(C)(C)c1ccc(C(=O)N2CSCC2C(=O)Nc2ccc(N)nc2)cc1.Cl. The van der Waals surface area contributed by atoms with Crippen LogP contribution in [0.3, 0.4) is 0 Å². The Balaban J connectivity index is 0.00000280. The van der Waals surface area contributed by atoms with Crippen LogP contribution in [0.25, 0.3) is 0 Å². The summed E-state index contributed by atoms with van der Waals surface area (Å²) in [5.74, 6) is 1.11. The summed E-state index contributed by atoms with van der Waals surface area (Å²) in [5.41, 5.74) is 7.92. The third-order valence-electron chi connectivity index (χ3n) is 4.50. The van der Waals surface area contributed by atoms with Crippen molar-refractivity contribution in [2.24, 2.45) is 0 Å². The molecule has 1 atom stereocenters. The van der Waals surface area contributed by atoms with E-state index in [1.807, 2.05) is 24.3 Å². The summed E-state index contributed by atoms with van der Waals surface area (Å²) in [4.78, 5) is 31.2. The van der Waals surface area contributed by atoms with Gasteiger partial charge in [-0.05, 0) is 35.2 Å². The summed E-state index contributed by atoms with van der Waals surface area (Å²) in [6.45, 7) is 6.40. The molecular formula is C20H25ClN4O2S. The Labute approximate surface area is 175 Å². The van der Waals surface area contributed by atoms with Crippen LogP contribution in [0.15, 0.2) is 42.6 Å². The van der Waals surface area contributed by atoms with Gasteiger partial charge in [0.1, 0.15) is 11.9 Å². The molecule has 1 aliphatic rings. The van der Waals surface area contributed by atoms with E-state index < -0.39 is 6.04 Å². The molecule has 2 heterocycles. The largest absolute Gasteiger partial charge is 0.384 e. The molecule has 1 aromatic heterocycles. The lowest BCUT2D eigenvalue weighted by atomic mass is 9.86. The Kier molecular flexibility index (Phi) is 6.96. The topological polar surface area (TPSA) is 88.3 Å². The van der Waals surface area contributed by atoms with Crippen LogP contribution in [0.2, 0.25) is 0 Å². The fraction of sp³-hybridized carbons (Fsp3) is 0.350. The summed E-state index contributed by atoms with van der Waals surface area (Å²) >= 11 is 1.57. The fourth-order valence-electron chi connectivity index (χ4n) is 2.84. The Morgan fingerprint density at radius 2 is 1.86 bits per heavy atom. The number of nitrogen functional groups attached to an aromatic ring is 1. The van der Waals surface area contributed by atoms with Crippen molar-refractivity contribution in [3.8, 4) is 0 Å². The molecule has 8 heteroatoms. The third kappa shape index (κ3) is 4.97. The van der Waals surface area contributed by atoms with E-state index in [0.29, 0.717) is 28.7 Å². The number of carbonyl (C=O) groups is 2. The van der Waals surface area contributed by atoms with Crippen LogP contribution in [-0.4, -0.2) is 39.4 Å². The van der Waals surface area contributed by atoms with Crippen LogP contribution in [0.1, 0.15) is 36.7 Å². The lowest BCUT2D eigenvalue weighted by molar-refractivity contribution is -0.119. The molecule has 1 aliphatic heterocycles. The van der Waals surface area contributed by atoms with Gasteiger partial charge in [0.2, 0.25) is 5.91 Å². The van der Waals surface area contributed by atoms with E-state index in [0.717, 1.165) is 0 Å². The Morgan fingerprint density at radius 1 is 1.18 bits per heavy atom. The fourth-order valence-corrected chi connectivity index (χ4v) is 4.00. The van der Waals surface area contributed by atoms with E-state index in [4.69, 9.17) is 5.73 Å². The van der Waals surface area contributed by atoms with E-state index in [2.05, 4.69) is 31.1 Å². The minimum Gasteiger partial charge on any atom is -0.384 e. The van der Waals surface area contributed by atoms with Crippen molar-refractivity contribution in [3.63, 3.8) is 0 Å². The number of amides is 2. The molecule has 0 bridgehead atoms. The van der Waals surface area contributed by atoms with Crippen molar-refractivity contribution in [1.82, 2.24) is 9.88 Å². The molecule has 3 N–H and O–H groups in total. The van der Waals surface area contributed by atoms with Gasteiger partial charge in [-0.3, -0.25) is 9.59 Å². The van der Waals surface area contributed by atoms with Gasteiger partial charge in [0, 0.05) is 11.3 Å². The third-order valence-corrected chi connectivity index (χ3v) is 5.51. The van der Waals surface area contributed by atoms with Crippen molar-refractivity contribution in [2.45, 2.75) is 32.2 Å². The van der Waals surface area contributed by atoms with Crippen LogP contribution >= 0.6 is 24.2 Å². The summed E-state index contributed by atoms with van der Waals surface area (Å²) in [6, 6.07) is 10.4. The normalized spacial score (nSPS) is 16.4. The quantitative estimate of drug-likeness (QED) is 0.792. The van der Waals surface area contributed by atoms with E-state index in [1.54, 1.807) is 28.8 Å². The maximum absolute atomic E-state index is 12.9. The zero-order valence-electron chi connectivity index (χ0n) is 16.1. The second-order valence-electron chi connectivity index (χ2n) is 7.58. The predicted molar refractivity (Wildman–Crippen MR) is 117 cm³/mol. The number of aromatic nitrogens is 1. The minimum absolute atomic E-state index is 0. The maximum atomic E-state index is 12.9. The first-order valence-corrected chi connectivity index (χ1v) is 9.93. The highest BCUT2D eigenvalue weighted by molar-refractivity contribution is 7.99. The number of thioether (sulfide) groups is 1. The highest BCUT2D eigenvalue weighted by Gasteiger charge is 2.35. The Morgan fingerprint density at radius 3 is 2.43 bits per heavy atom. The first kappa shape index (κ1) is 22.0. The summed E-state index contributed by atoms with van der Waals surface area (Å²) in [7, 11) is 0. The zero-order valence-corrected chi connectivity index (χ0v) is 17.8. The number of nitrogens with one attached hydrogen (secondary N) is 1. The smallest absolute Gasteiger partial charge is 0.255 e. The summed E-state index contributed by atoms with van der Waals surface area (Å²) < 4.78 is 0. The van der Waals surface area contributed by atoms with E-state index in [1.165, 1.54) is 11.8 Å². The summed E-state index contributed by atoms with van der Waals surface area (Å²) in [5, 5.41) is 2.81. The van der Waals surface area contributed by atoms with Gasteiger partial charge in [-0.15, -0.1) is 24.2 Å². The molecule has 1 unspecified atom stereocenters. The average molecular weight is 421 g/mol. The van der Waals surface area contributed by atoms with Gasteiger partial charge < -0.3 is 16.0 Å². The van der Waals surface area contributed by atoms with Crippen LogP contribution in [0.4, 0.5) is 11.5 Å². The molecule has 1 saturated heterocycles. The monoisotopic (exact) mass is 420 g/mol. The first-order chi connectivity index (χ1) is 12.8. The molecule has 1 aromatic carbocycles. The van der Waals surface area contributed by atoms with Gasteiger partial charge >= 0.3 is 0 Å². The van der Waals surface area contributed by atoms with E-state index >= 15 is 0 Å². The molecule has 6 nitrogen and oxygen atoms in total. The number of pyridine rings is 1. The molecule has 28 heavy (non-hydrogen) atoms. The van der Waals surface area contributed by atoms with Crippen molar-refractivity contribution in [1.29, 1.82) is 0 Å². The standard InChI is InChI=1S/C20H24N4O2S.ClH/c1-20(2,3)14-6-4-13(5-7-14)19(26)24-12-27-11-16(24)18(25)23-15-8-9-17(21)22-10-15;/h4-10,16H,11-12H2,1-3H3,(H2,21,22)(H,23,25);1H. The zero-order chi connectivity index (χ0) is 19.6. The molecular weight excluding hydrogens is 396 g/mol. The van der Waals surface area contributed by atoms with Gasteiger partial charge in [-0.25, -0.2) is 4.98 Å². The van der Waals surface area contributed by atoms with Gasteiger partial charge in [0.15, 0.2) is 0 Å². The number of halogens is 1. The highest BCUT2D eigenvalue weighted by Crippen LogP contribution is 2.26. The molecule has 0 spiro atoms. The Bertz CT molecular complexity index is 835. The molecule has 2 aromatic rings. The second kappa shape index (κ2) is 8.84. The van der Waals surface area contributed by atoms with Crippen LogP contribution < -0.4 is 11.1 Å². The number of anilines is 2. The summed E-state index contributed by atoms with van der Waals surface area (Å²) in [6.07, 6.45) is 1.51. The Hall–Kier alpha value is -2.25. The van der Waals surface area contributed by atoms with Crippen molar-refractivity contribution >= 4 is 47.5 Å². The lowest BCUT2D eigenvalue weighted by Gasteiger charge is -2.24. The molecule has 0 aliphatic carbocycles. The highest BCUT2D eigenvalue weighted by atomic mass is 35.5. The number of carbonyl (C=O) groups excluding carboxylic acids is 2. The van der Waals surface area contributed by atoms with Gasteiger partial charge in [0.05, 0.1) is 17.8 Å². The predicted octanol–water partition coefficient (Wildman–Crippen LogP) is 3.54. The van der Waals surface area contributed by atoms with Crippen LogP contribution in [0.5, 0.6) is 0 Å². The molecule has 0 saturated carbocycles. The second-order valence-corrected chi connectivity index (χ2v) is 8.58. The number of benzene rings is 1. The molecule has 0 radical (unpaired) electrons.